The summed E-state index contributed by atoms with van der Waals surface area (Å²) in [6.45, 7) is 2.59. The van der Waals surface area contributed by atoms with Crippen LogP contribution in [0, 0.1) is 12.3 Å². The van der Waals surface area contributed by atoms with Crippen LogP contribution in [0.15, 0.2) is 12.5 Å². The predicted octanol–water partition coefficient (Wildman–Crippen LogP) is 0.619. The van der Waals surface area contributed by atoms with Gasteiger partial charge in [-0.05, 0) is 6.92 Å². The molecule has 1 aliphatic heterocycles. The first-order valence-electron chi connectivity index (χ1n) is 7.54. The third-order valence-electron chi connectivity index (χ3n) is 4.21. The van der Waals surface area contributed by atoms with Crippen LogP contribution < -0.4 is 5.32 Å². The van der Waals surface area contributed by atoms with Crippen LogP contribution >= 0.6 is 11.6 Å². The first kappa shape index (κ1) is 17.6. The lowest BCUT2D eigenvalue weighted by atomic mass is 10.0. The summed E-state index contributed by atoms with van der Waals surface area (Å²) < 4.78 is 7.31. The van der Waals surface area contributed by atoms with Gasteiger partial charge in [-0.3, -0.25) is 4.79 Å². The molecule has 25 heavy (non-hydrogen) atoms. The van der Waals surface area contributed by atoms with Crippen LogP contribution in [-0.4, -0.2) is 54.3 Å². The van der Waals surface area contributed by atoms with E-state index in [0.29, 0.717) is 16.6 Å². The molecule has 1 aliphatic rings. The summed E-state index contributed by atoms with van der Waals surface area (Å²) in [7, 11) is 0. The van der Waals surface area contributed by atoms with E-state index >= 15 is 0 Å². The van der Waals surface area contributed by atoms with Gasteiger partial charge in [-0.15, -0.1) is 18.0 Å². The minimum atomic E-state index is -1.22. The lowest BCUT2D eigenvalue weighted by Gasteiger charge is -2.26. The summed E-state index contributed by atoms with van der Waals surface area (Å²) in [5.74, 6) is 2.50. The van der Waals surface area contributed by atoms with Crippen molar-refractivity contribution in [3.8, 4) is 12.3 Å². The van der Waals surface area contributed by atoms with E-state index in [2.05, 4.69) is 21.2 Å². The Balaban J connectivity index is 2.19. The van der Waals surface area contributed by atoms with Gasteiger partial charge in [-0.1, -0.05) is 5.92 Å². The van der Waals surface area contributed by atoms with Gasteiger partial charge < -0.3 is 24.8 Å². The second kappa shape index (κ2) is 6.28. The van der Waals surface area contributed by atoms with E-state index in [9.17, 15) is 15.0 Å². The van der Waals surface area contributed by atoms with Crippen LogP contribution in [-0.2, 0) is 9.53 Å². The summed E-state index contributed by atoms with van der Waals surface area (Å²) >= 11 is 6.50. The molecule has 1 amide bonds. The maximum Gasteiger partial charge on any atom is 0.222 e. The average molecular weight is 365 g/mol. The fraction of sp³-hybridized carbons (Fsp3) is 0.438. The molecule has 1 saturated heterocycles. The fourth-order valence-electron chi connectivity index (χ4n) is 3.00. The number of nitrogens with zero attached hydrogens (tertiary/aromatic N) is 3. The number of rotatable bonds is 3. The number of hydrogen-bond donors (Lipinski definition) is 3. The number of carbonyl (C=O) groups excluding carboxylic acids is 1. The van der Waals surface area contributed by atoms with Crippen LogP contribution in [0.2, 0.25) is 0 Å². The van der Waals surface area contributed by atoms with Gasteiger partial charge in [-0.2, -0.15) is 0 Å². The molecule has 8 nitrogen and oxygen atoms in total. The van der Waals surface area contributed by atoms with Crippen molar-refractivity contribution < 1.29 is 19.7 Å². The van der Waals surface area contributed by atoms with E-state index in [1.54, 1.807) is 17.7 Å². The van der Waals surface area contributed by atoms with Crippen molar-refractivity contribution in [1.29, 1.82) is 0 Å². The van der Waals surface area contributed by atoms with E-state index in [0.717, 1.165) is 0 Å². The van der Waals surface area contributed by atoms with E-state index in [1.807, 2.05) is 0 Å². The summed E-state index contributed by atoms with van der Waals surface area (Å²) in [6.07, 6.45) is 5.71. The zero-order valence-corrected chi connectivity index (χ0v) is 14.4. The molecule has 3 heterocycles. The Kier molecular flexibility index (Phi) is 4.43. The molecule has 2 aromatic heterocycles. The molecule has 0 aliphatic carbocycles. The molecule has 0 unspecified atom stereocenters. The summed E-state index contributed by atoms with van der Waals surface area (Å²) in [5, 5.41) is 22.8. The van der Waals surface area contributed by atoms with Crippen molar-refractivity contribution in [3.05, 3.63) is 18.1 Å². The number of fused-ring (bicyclic) bond motifs is 1. The zero-order valence-electron chi connectivity index (χ0n) is 13.6. The number of aliphatic hydroxyl groups is 2. The second-order valence-corrected chi connectivity index (χ2v) is 6.82. The van der Waals surface area contributed by atoms with Crippen LogP contribution in [0.5, 0.6) is 0 Å². The van der Waals surface area contributed by atoms with Gasteiger partial charge in [0.05, 0.1) is 17.6 Å². The number of carbonyl (C=O) groups is 1. The van der Waals surface area contributed by atoms with Crippen LogP contribution in [0.4, 0.5) is 5.82 Å². The van der Waals surface area contributed by atoms with Gasteiger partial charge in [0.2, 0.25) is 5.91 Å². The molecule has 0 radical (unpaired) electrons. The number of anilines is 1. The highest BCUT2D eigenvalue weighted by Crippen LogP contribution is 2.45. The summed E-state index contributed by atoms with van der Waals surface area (Å²) in [4.78, 5) is 18.5. The molecule has 0 saturated carbocycles. The molecule has 2 aromatic rings. The Morgan fingerprint density at radius 2 is 2.32 bits per heavy atom. The van der Waals surface area contributed by atoms with Gasteiger partial charge >= 0.3 is 0 Å². The van der Waals surface area contributed by atoms with Crippen LogP contribution in [0.25, 0.3) is 11.0 Å². The number of terminal acetylenes is 1. The molecular formula is C16H17ClN4O4. The number of aromatic nitrogens is 3. The third kappa shape index (κ3) is 2.75. The van der Waals surface area contributed by atoms with Crippen molar-refractivity contribution in [3.63, 3.8) is 0 Å². The monoisotopic (exact) mass is 364 g/mol. The van der Waals surface area contributed by atoms with Crippen molar-refractivity contribution in [2.75, 3.05) is 11.9 Å². The lowest BCUT2D eigenvalue weighted by Crippen LogP contribution is -2.39. The Morgan fingerprint density at radius 3 is 2.88 bits per heavy atom. The molecular weight excluding hydrogens is 348 g/mol. The third-order valence-corrected chi connectivity index (χ3v) is 4.62. The van der Waals surface area contributed by atoms with Crippen molar-refractivity contribution in [2.24, 2.45) is 0 Å². The molecule has 0 spiro atoms. The van der Waals surface area contributed by atoms with E-state index < -0.39 is 23.3 Å². The highest BCUT2D eigenvalue weighted by molar-refractivity contribution is 6.24. The van der Waals surface area contributed by atoms with E-state index in [4.69, 9.17) is 22.8 Å². The van der Waals surface area contributed by atoms with Crippen molar-refractivity contribution in [2.45, 2.75) is 37.2 Å². The fourth-order valence-corrected chi connectivity index (χ4v) is 3.29. The normalized spacial score (nSPS) is 28.9. The number of aliphatic hydroxyl groups excluding tert-OH is 2. The molecule has 3 rings (SSSR count). The number of ether oxygens (including phenoxy) is 1. The number of alkyl halides is 1. The summed E-state index contributed by atoms with van der Waals surface area (Å²) in [5.41, 5.74) is 0.840. The van der Waals surface area contributed by atoms with Gasteiger partial charge in [0.25, 0.3) is 0 Å². The topological polar surface area (TPSA) is 110 Å². The van der Waals surface area contributed by atoms with Gasteiger partial charge in [0.1, 0.15) is 34.9 Å². The quantitative estimate of drug-likeness (QED) is 0.544. The number of amides is 1. The number of hydrogen-bond acceptors (Lipinski definition) is 6. The predicted molar refractivity (Wildman–Crippen MR) is 91.0 cm³/mol. The van der Waals surface area contributed by atoms with Crippen molar-refractivity contribution >= 4 is 34.4 Å². The molecule has 0 aromatic carbocycles. The SMILES string of the molecule is C#Cc1cn([C@@H]2O[C@H](CO)[C@@H](O)[C@@]2(C)Cl)c2ncnc(NC(C)=O)c12. The number of halogens is 1. The highest BCUT2D eigenvalue weighted by Gasteiger charge is 2.53. The standard InChI is InChI=1S/C16H17ClN4O4/c1-4-9-5-21(15-16(3,17)12(24)10(6-22)25-15)14-11(9)13(18-7-19-14)20-8(2)23/h1,5,7,10,12,15,22,24H,6H2,2-3H3,(H,18,19,20,23)/t10-,12-,15-,16-/m1/s1. The Bertz CT molecular complexity index is 873. The largest absolute Gasteiger partial charge is 0.394 e. The Hall–Kier alpha value is -2.18. The zero-order chi connectivity index (χ0) is 18.4. The maximum atomic E-state index is 11.4. The molecule has 9 heteroatoms. The summed E-state index contributed by atoms with van der Waals surface area (Å²) in [6, 6.07) is 0. The first-order chi connectivity index (χ1) is 11.8. The molecule has 0 bridgehead atoms. The molecule has 3 N–H and O–H groups in total. The number of nitrogens with one attached hydrogen (secondary N) is 1. The Labute approximate surface area is 148 Å². The van der Waals surface area contributed by atoms with E-state index in [1.165, 1.54) is 13.3 Å². The second-order valence-electron chi connectivity index (χ2n) is 6.00. The highest BCUT2D eigenvalue weighted by atomic mass is 35.5. The lowest BCUT2D eigenvalue weighted by molar-refractivity contribution is -0.114. The minimum Gasteiger partial charge on any atom is -0.394 e. The van der Waals surface area contributed by atoms with Crippen molar-refractivity contribution in [1.82, 2.24) is 14.5 Å². The molecule has 132 valence electrons. The average Bonchev–Trinajstić information content (AvgIpc) is 3.04. The van der Waals surface area contributed by atoms with E-state index in [-0.39, 0.29) is 18.3 Å². The Morgan fingerprint density at radius 1 is 1.60 bits per heavy atom. The van der Waals surface area contributed by atoms with Gasteiger partial charge in [0, 0.05) is 13.1 Å². The van der Waals surface area contributed by atoms with Gasteiger partial charge in [-0.25, -0.2) is 9.97 Å². The smallest absolute Gasteiger partial charge is 0.222 e. The maximum absolute atomic E-state index is 11.4. The van der Waals surface area contributed by atoms with Crippen LogP contribution in [0.3, 0.4) is 0 Å². The first-order valence-corrected chi connectivity index (χ1v) is 7.92. The van der Waals surface area contributed by atoms with Crippen LogP contribution in [0.1, 0.15) is 25.6 Å². The molecule has 4 atom stereocenters. The van der Waals surface area contributed by atoms with Gasteiger partial charge in [0.15, 0.2) is 6.23 Å². The molecule has 1 fully saturated rings. The minimum absolute atomic E-state index is 0.276.